The van der Waals surface area contributed by atoms with Crippen LogP contribution in [0.4, 0.5) is 0 Å². The van der Waals surface area contributed by atoms with Crippen LogP contribution in [0.1, 0.15) is 44.9 Å². The number of nitrogens with one attached hydrogen (secondary N) is 1. The van der Waals surface area contributed by atoms with Gasteiger partial charge in [0.15, 0.2) is 0 Å². The van der Waals surface area contributed by atoms with Gasteiger partial charge >= 0.3 is 0 Å². The number of hydrogen-bond donors (Lipinski definition) is 1. The SMILES string of the molecule is CN1CCCC(NC(C2CC2)C2CC2)CC1. The molecule has 2 heteroatoms. The molecular formula is C14H26N2. The highest BCUT2D eigenvalue weighted by Crippen LogP contribution is 2.44. The van der Waals surface area contributed by atoms with Crippen LogP contribution in [-0.2, 0) is 0 Å². The second kappa shape index (κ2) is 4.66. The van der Waals surface area contributed by atoms with Crippen molar-refractivity contribution in [2.75, 3.05) is 20.1 Å². The summed E-state index contributed by atoms with van der Waals surface area (Å²) in [5, 5.41) is 4.01. The van der Waals surface area contributed by atoms with Gasteiger partial charge in [-0.2, -0.15) is 0 Å². The fraction of sp³-hybridized carbons (Fsp3) is 1.00. The van der Waals surface area contributed by atoms with Crippen molar-refractivity contribution in [2.24, 2.45) is 11.8 Å². The lowest BCUT2D eigenvalue weighted by Crippen LogP contribution is -2.41. The van der Waals surface area contributed by atoms with Crippen LogP contribution in [0.15, 0.2) is 0 Å². The molecule has 0 aromatic heterocycles. The molecule has 3 fully saturated rings. The Morgan fingerprint density at radius 3 is 2.25 bits per heavy atom. The minimum Gasteiger partial charge on any atom is -0.311 e. The zero-order chi connectivity index (χ0) is 11.0. The van der Waals surface area contributed by atoms with E-state index in [1.165, 1.54) is 58.0 Å². The predicted molar refractivity (Wildman–Crippen MR) is 67.5 cm³/mol. The molecular weight excluding hydrogens is 196 g/mol. The molecule has 0 aromatic rings. The fourth-order valence-corrected chi connectivity index (χ4v) is 3.25. The largest absolute Gasteiger partial charge is 0.311 e. The van der Waals surface area contributed by atoms with Crippen LogP contribution in [0.25, 0.3) is 0 Å². The Morgan fingerprint density at radius 1 is 0.938 bits per heavy atom. The predicted octanol–water partition coefficient (Wildman–Crippen LogP) is 2.25. The van der Waals surface area contributed by atoms with Crippen molar-refractivity contribution in [2.45, 2.75) is 57.0 Å². The minimum atomic E-state index is 0.816. The second-order valence-corrected chi connectivity index (χ2v) is 6.30. The van der Waals surface area contributed by atoms with Gasteiger partial charge in [0.2, 0.25) is 0 Å². The Hall–Kier alpha value is -0.0800. The van der Waals surface area contributed by atoms with E-state index in [1.54, 1.807) is 0 Å². The van der Waals surface area contributed by atoms with E-state index < -0.39 is 0 Å². The molecule has 1 atom stereocenters. The Balaban J connectivity index is 1.51. The average Bonchev–Trinajstić information content (AvgIpc) is 3.13. The van der Waals surface area contributed by atoms with Crippen LogP contribution in [0.2, 0.25) is 0 Å². The molecule has 2 saturated carbocycles. The molecule has 1 aliphatic heterocycles. The molecule has 0 amide bonds. The Labute approximate surface area is 99.8 Å². The summed E-state index contributed by atoms with van der Waals surface area (Å²) in [7, 11) is 2.27. The van der Waals surface area contributed by atoms with Crippen LogP contribution < -0.4 is 5.32 Å². The van der Waals surface area contributed by atoms with Crippen LogP contribution >= 0.6 is 0 Å². The first-order valence-corrected chi connectivity index (χ1v) is 7.27. The van der Waals surface area contributed by atoms with Crippen molar-refractivity contribution in [3.05, 3.63) is 0 Å². The number of hydrogen-bond acceptors (Lipinski definition) is 2. The van der Waals surface area contributed by atoms with Gasteiger partial charge in [0.25, 0.3) is 0 Å². The molecule has 3 rings (SSSR count). The summed E-state index contributed by atoms with van der Waals surface area (Å²) < 4.78 is 0. The topological polar surface area (TPSA) is 15.3 Å². The summed E-state index contributed by atoms with van der Waals surface area (Å²) in [5.74, 6) is 2.10. The number of rotatable bonds is 4. The van der Waals surface area contributed by atoms with Crippen molar-refractivity contribution < 1.29 is 0 Å². The van der Waals surface area contributed by atoms with E-state index in [9.17, 15) is 0 Å². The van der Waals surface area contributed by atoms with Crippen molar-refractivity contribution in [3.8, 4) is 0 Å². The number of likely N-dealkylation sites (tertiary alicyclic amines) is 1. The maximum absolute atomic E-state index is 4.01. The molecule has 0 radical (unpaired) electrons. The Bertz CT molecular complexity index is 221. The Kier molecular flexibility index (Phi) is 3.21. The van der Waals surface area contributed by atoms with Crippen LogP contribution in [0, 0.1) is 11.8 Å². The van der Waals surface area contributed by atoms with Gasteiger partial charge in [-0.15, -0.1) is 0 Å². The lowest BCUT2D eigenvalue weighted by atomic mass is 10.0. The maximum Gasteiger partial charge on any atom is 0.0126 e. The molecule has 92 valence electrons. The van der Waals surface area contributed by atoms with Crippen LogP contribution in [0.3, 0.4) is 0 Å². The summed E-state index contributed by atoms with van der Waals surface area (Å²) in [6.45, 7) is 2.59. The van der Waals surface area contributed by atoms with Gasteiger partial charge in [0.1, 0.15) is 0 Å². The van der Waals surface area contributed by atoms with Crippen molar-refractivity contribution in [3.63, 3.8) is 0 Å². The molecule has 2 nitrogen and oxygen atoms in total. The Morgan fingerprint density at radius 2 is 1.62 bits per heavy atom. The quantitative estimate of drug-likeness (QED) is 0.785. The van der Waals surface area contributed by atoms with Crippen molar-refractivity contribution in [1.29, 1.82) is 0 Å². The molecule has 16 heavy (non-hydrogen) atoms. The van der Waals surface area contributed by atoms with Crippen LogP contribution in [-0.4, -0.2) is 37.1 Å². The van der Waals surface area contributed by atoms with E-state index in [2.05, 4.69) is 17.3 Å². The molecule has 1 saturated heterocycles. The van der Waals surface area contributed by atoms with Crippen LogP contribution in [0.5, 0.6) is 0 Å². The first kappa shape index (κ1) is 11.0. The lowest BCUT2D eigenvalue weighted by Gasteiger charge is -2.25. The monoisotopic (exact) mass is 222 g/mol. The zero-order valence-corrected chi connectivity index (χ0v) is 10.6. The highest BCUT2D eigenvalue weighted by molar-refractivity contribution is 4.97. The highest BCUT2D eigenvalue weighted by Gasteiger charge is 2.42. The van der Waals surface area contributed by atoms with E-state index in [0.717, 1.165) is 23.9 Å². The fourth-order valence-electron chi connectivity index (χ4n) is 3.25. The third-order valence-electron chi connectivity index (χ3n) is 4.64. The highest BCUT2D eigenvalue weighted by atomic mass is 15.1. The van der Waals surface area contributed by atoms with E-state index in [0.29, 0.717) is 0 Å². The third-order valence-corrected chi connectivity index (χ3v) is 4.64. The van der Waals surface area contributed by atoms with E-state index in [4.69, 9.17) is 0 Å². The first-order chi connectivity index (χ1) is 7.83. The molecule has 0 spiro atoms. The molecule has 1 N–H and O–H groups in total. The summed E-state index contributed by atoms with van der Waals surface area (Å²) in [6, 6.07) is 1.71. The van der Waals surface area contributed by atoms with Gasteiger partial charge in [-0.1, -0.05) is 0 Å². The van der Waals surface area contributed by atoms with Gasteiger partial charge in [-0.3, -0.25) is 0 Å². The average molecular weight is 222 g/mol. The van der Waals surface area contributed by atoms with Crippen molar-refractivity contribution >= 4 is 0 Å². The van der Waals surface area contributed by atoms with Gasteiger partial charge in [0.05, 0.1) is 0 Å². The normalized spacial score (nSPS) is 33.0. The van der Waals surface area contributed by atoms with Gasteiger partial charge < -0.3 is 10.2 Å². The summed E-state index contributed by atoms with van der Waals surface area (Å²) in [4.78, 5) is 2.49. The van der Waals surface area contributed by atoms with Gasteiger partial charge in [-0.25, -0.2) is 0 Å². The van der Waals surface area contributed by atoms with Gasteiger partial charge in [0, 0.05) is 12.1 Å². The summed E-state index contributed by atoms with van der Waals surface area (Å²) in [6.07, 6.45) is 10.2. The molecule has 3 aliphatic rings. The maximum atomic E-state index is 4.01. The van der Waals surface area contributed by atoms with E-state index >= 15 is 0 Å². The van der Waals surface area contributed by atoms with E-state index in [1.807, 2.05) is 0 Å². The standard InChI is InChI=1S/C14H26N2/c1-16-9-2-3-13(8-10-16)15-14(11-4-5-11)12-6-7-12/h11-15H,2-10H2,1H3. The minimum absolute atomic E-state index is 0.816. The smallest absolute Gasteiger partial charge is 0.0126 e. The molecule has 0 aromatic carbocycles. The third kappa shape index (κ3) is 2.78. The molecule has 2 aliphatic carbocycles. The molecule has 1 heterocycles. The van der Waals surface area contributed by atoms with Crippen molar-refractivity contribution in [1.82, 2.24) is 10.2 Å². The number of nitrogens with zero attached hydrogens (tertiary/aromatic N) is 1. The summed E-state index contributed by atoms with van der Waals surface area (Å²) in [5.41, 5.74) is 0. The lowest BCUT2D eigenvalue weighted by molar-refractivity contribution is 0.322. The second-order valence-electron chi connectivity index (χ2n) is 6.30. The molecule has 0 bridgehead atoms. The molecule has 1 unspecified atom stereocenters. The van der Waals surface area contributed by atoms with E-state index in [-0.39, 0.29) is 0 Å². The van der Waals surface area contributed by atoms with Gasteiger partial charge in [-0.05, 0) is 76.9 Å². The summed E-state index contributed by atoms with van der Waals surface area (Å²) >= 11 is 0. The first-order valence-electron chi connectivity index (χ1n) is 7.27. The zero-order valence-electron chi connectivity index (χ0n) is 10.6.